The number of carbonyl (C=O) groups excluding carboxylic acids is 3. The Kier molecular flexibility index (Phi) is 8.16. The zero-order chi connectivity index (χ0) is 26.7. The van der Waals surface area contributed by atoms with Crippen molar-refractivity contribution in [3.05, 3.63) is 69.8 Å². The normalized spacial score (nSPS) is 21.7. The smallest absolute Gasteiger partial charge is 0.247 e. The number of nitrogens with zero attached hydrogens (tertiary/aromatic N) is 1. The second-order valence-corrected chi connectivity index (χ2v) is 9.34. The second-order valence-electron chi connectivity index (χ2n) is 8.90. The monoisotopic (exact) mass is 528 g/mol. The molecule has 196 valence electrons. The van der Waals surface area contributed by atoms with E-state index in [4.69, 9.17) is 21.1 Å². The molecule has 0 unspecified atom stereocenters. The number of hydrogen-bond donors (Lipinski definition) is 3. The fourth-order valence-electron chi connectivity index (χ4n) is 4.91. The Morgan fingerprint density at radius 3 is 2.59 bits per heavy atom. The van der Waals surface area contributed by atoms with Crippen LogP contribution in [0.3, 0.4) is 0 Å². The minimum atomic E-state index is -1.20. The van der Waals surface area contributed by atoms with Crippen LogP contribution in [0.5, 0.6) is 11.5 Å². The van der Waals surface area contributed by atoms with E-state index in [-0.39, 0.29) is 37.6 Å². The van der Waals surface area contributed by atoms with Gasteiger partial charge in [0.15, 0.2) is 11.5 Å². The zero-order valence-corrected chi connectivity index (χ0v) is 21.3. The Labute approximate surface area is 219 Å². The first-order valence-electron chi connectivity index (χ1n) is 12.0. The summed E-state index contributed by atoms with van der Waals surface area (Å²) in [5.41, 5.74) is 1.92. The van der Waals surface area contributed by atoms with Crippen molar-refractivity contribution in [2.24, 2.45) is 0 Å². The quantitative estimate of drug-likeness (QED) is 0.426. The lowest BCUT2D eigenvalue weighted by Gasteiger charge is -2.40. The lowest BCUT2D eigenvalue weighted by Crippen LogP contribution is -2.55. The van der Waals surface area contributed by atoms with Crippen LogP contribution in [0.25, 0.3) is 0 Å². The third-order valence-electron chi connectivity index (χ3n) is 6.66. The summed E-state index contributed by atoms with van der Waals surface area (Å²) in [6.45, 7) is 1.67. The van der Waals surface area contributed by atoms with Crippen molar-refractivity contribution >= 4 is 29.7 Å². The second kappa shape index (κ2) is 11.3. The van der Waals surface area contributed by atoms with E-state index in [1.807, 2.05) is 0 Å². The first-order chi connectivity index (χ1) is 17.8. The van der Waals surface area contributed by atoms with Crippen molar-refractivity contribution in [3.63, 3.8) is 0 Å². The largest absolute Gasteiger partial charge is 0.493 e. The molecule has 0 spiro atoms. The number of rotatable bonds is 9. The standard InChI is InChI=1S/C27H29ClN2O7/c1-3-22(33)30(13-15-4-6-17(28)7-5-15)20-12-19(27(35)29-8-9-31)23-18-10-16(14-32)11-21(36-2)25(18)37-26(23)24(20)34/h4-7,10-12,14,20,23-24,26,31,34H,3,8-9,13H2,1-2H3,(H,29,35)/t20-,23+,24+,26+/m1/s1. The molecule has 4 rings (SSSR count). The molecule has 0 saturated carbocycles. The molecule has 10 heteroatoms. The molecule has 3 N–H and O–H groups in total. The molecule has 1 heterocycles. The Hall–Kier alpha value is -3.40. The molecule has 1 aliphatic carbocycles. The maximum atomic E-state index is 13.3. The van der Waals surface area contributed by atoms with Crippen LogP contribution >= 0.6 is 11.6 Å². The van der Waals surface area contributed by atoms with E-state index < -0.39 is 30.1 Å². The highest BCUT2D eigenvalue weighted by atomic mass is 35.5. The van der Waals surface area contributed by atoms with E-state index in [0.29, 0.717) is 33.9 Å². The summed E-state index contributed by atoms with van der Waals surface area (Å²) in [5.74, 6) is -0.781. The molecule has 0 radical (unpaired) electrons. The number of aldehydes is 1. The fraction of sp³-hybridized carbons (Fsp3) is 0.370. The summed E-state index contributed by atoms with van der Waals surface area (Å²) in [7, 11) is 1.44. The van der Waals surface area contributed by atoms with Gasteiger partial charge < -0.3 is 29.9 Å². The molecule has 2 amide bonds. The van der Waals surface area contributed by atoms with E-state index in [9.17, 15) is 24.6 Å². The molecule has 37 heavy (non-hydrogen) atoms. The SMILES string of the molecule is CCC(=O)N(Cc1ccc(Cl)cc1)[C@@H]1C=C(C(=O)NCCO)[C@@H]2c3cc(C=O)cc(OC)c3O[C@@H]2[C@H]1O. The topological polar surface area (TPSA) is 125 Å². The van der Waals surface area contributed by atoms with Crippen LogP contribution in [-0.2, 0) is 16.1 Å². The summed E-state index contributed by atoms with van der Waals surface area (Å²) in [5, 5.41) is 24.0. The number of aliphatic hydroxyl groups excluding tert-OH is 2. The van der Waals surface area contributed by atoms with Gasteiger partial charge in [0.2, 0.25) is 11.8 Å². The van der Waals surface area contributed by atoms with Crippen molar-refractivity contribution in [2.45, 2.75) is 44.1 Å². The van der Waals surface area contributed by atoms with Gasteiger partial charge in [-0.3, -0.25) is 14.4 Å². The van der Waals surface area contributed by atoms with Crippen LogP contribution in [0.1, 0.15) is 40.7 Å². The Bertz CT molecular complexity index is 1210. The first kappa shape index (κ1) is 26.7. The molecule has 2 aliphatic rings. The summed E-state index contributed by atoms with van der Waals surface area (Å²) in [4.78, 5) is 39.5. The van der Waals surface area contributed by atoms with Gasteiger partial charge in [-0.05, 0) is 35.9 Å². The van der Waals surface area contributed by atoms with Crippen LogP contribution < -0.4 is 14.8 Å². The number of halogens is 1. The molecule has 0 aromatic heterocycles. The van der Waals surface area contributed by atoms with Crippen molar-refractivity contribution < 1.29 is 34.1 Å². The molecule has 0 saturated heterocycles. The number of methoxy groups -OCH3 is 1. The molecular weight excluding hydrogens is 500 g/mol. The number of fused-ring (bicyclic) bond motifs is 3. The van der Waals surface area contributed by atoms with E-state index in [2.05, 4.69) is 5.32 Å². The molecule has 4 atom stereocenters. The molecule has 2 aromatic carbocycles. The van der Waals surface area contributed by atoms with Crippen LogP contribution in [0, 0.1) is 0 Å². The number of hydrogen-bond acceptors (Lipinski definition) is 7. The first-order valence-corrected chi connectivity index (χ1v) is 12.4. The summed E-state index contributed by atoms with van der Waals surface area (Å²) >= 11 is 6.02. The Balaban J connectivity index is 1.81. The van der Waals surface area contributed by atoms with Gasteiger partial charge in [-0.2, -0.15) is 0 Å². The van der Waals surface area contributed by atoms with Crippen LogP contribution in [-0.4, -0.2) is 71.7 Å². The third kappa shape index (κ3) is 5.20. The maximum absolute atomic E-state index is 13.3. The average molecular weight is 529 g/mol. The average Bonchev–Trinajstić information content (AvgIpc) is 3.31. The summed E-state index contributed by atoms with van der Waals surface area (Å²) in [6, 6.07) is 9.27. The van der Waals surface area contributed by atoms with Crippen LogP contribution in [0.15, 0.2) is 48.0 Å². The summed E-state index contributed by atoms with van der Waals surface area (Å²) in [6.07, 6.45) is 0.316. The van der Waals surface area contributed by atoms with E-state index in [0.717, 1.165) is 5.56 Å². The number of amides is 2. The molecule has 0 fully saturated rings. The summed E-state index contributed by atoms with van der Waals surface area (Å²) < 4.78 is 11.6. The Morgan fingerprint density at radius 1 is 1.24 bits per heavy atom. The molecular formula is C27H29ClN2O7. The minimum Gasteiger partial charge on any atom is -0.493 e. The molecule has 1 aliphatic heterocycles. The lowest BCUT2D eigenvalue weighted by atomic mass is 9.77. The number of ether oxygens (including phenoxy) is 2. The van der Waals surface area contributed by atoms with Crippen molar-refractivity contribution in [1.29, 1.82) is 0 Å². The van der Waals surface area contributed by atoms with E-state index >= 15 is 0 Å². The number of carbonyl (C=O) groups is 3. The fourth-order valence-corrected chi connectivity index (χ4v) is 5.03. The predicted octanol–water partition coefficient (Wildman–Crippen LogP) is 2.22. The number of aliphatic hydroxyl groups is 2. The maximum Gasteiger partial charge on any atom is 0.247 e. The third-order valence-corrected chi connectivity index (χ3v) is 6.91. The van der Waals surface area contributed by atoms with Crippen LogP contribution in [0.2, 0.25) is 5.02 Å². The van der Waals surface area contributed by atoms with Gasteiger partial charge in [0.1, 0.15) is 18.5 Å². The van der Waals surface area contributed by atoms with Gasteiger partial charge in [-0.15, -0.1) is 0 Å². The Morgan fingerprint density at radius 2 is 1.97 bits per heavy atom. The van der Waals surface area contributed by atoms with Gasteiger partial charge >= 0.3 is 0 Å². The minimum absolute atomic E-state index is 0.0224. The van der Waals surface area contributed by atoms with Crippen molar-refractivity contribution in [3.8, 4) is 11.5 Å². The molecule has 2 aromatic rings. The highest BCUT2D eigenvalue weighted by Gasteiger charge is 2.51. The van der Waals surface area contributed by atoms with E-state index in [1.54, 1.807) is 43.3 Å². The van der Waals surface area contributed by atoms with Gasteiger partial charge in [-0.25, -0.2) is 0 Å². The van der Waals surface area contributed by atoms with Gasteiger partial charge in [0.25, 0.3) is 0 Å². The van der Waals surface area contributed by atoms with Crippen molar-refractivity contribution in [2.75, 3.05) is 20.3 Å². The number of benzene rings is 2. The highest BCUT2D eigenvalue weighted by molar-refractivity contribution is 6.30. The molecule has 9 nitrogen and oxygen atoms in total. The van der Waals surface area contributed by atoms with Gasteiger partial charge in [-0.1, -0.05) is 30.7 Å². The highest BCUT2D eigenvalue weighted by Crippen LogP contribution is 2.51. The zero-order valence-electron chi connectivity index (χ0n) is 20.5. The lowest BCUT2D eigenvalue weighted by molar-refractivity contribution is -0.137. The van der Waals surface area contributed by atoms with Gasteiger partial charge in [0, 0.05) is 41.2 Å². The molecule has 0 bridgehead atoms. The number of nitrogens with one attached hydrogen (secondary N) is 1. The van der Waals surface area contributed by atoms with E-state index in [1.165, 1.54) is 18.1 Å². The van der Waals surface area contributed by atoms with Crippen molar-refractivity contribution in [1.82, 2.24) is 10.2 Å². The van der Waals surface area contributed by atoms with Gasteiger partial charge in [0.05, 0.1) is 25.7 Å². The predicted molar refractivity (Wildman–Crippen MR) is 136 cm³/mol. The van der Waals surface area contributed by atoms with Crippen LogP contribution in [0.4, 0.5) is 0 Å².